The van der Waals surface area contributed by atoms with Crippen molar-refractivity contribution < 1.29 is 5.11 Å². The van der Waals surface area contributed by atoms with Gasteiger partial charge in [0.15, 0.2) is 11.2 Å². The highest BCUT2D eigenvalue weighted by atomic mass is 16.3. The Labute approximate surface area is 171 Å². The van der Waals surface area contributed by atoms with E-state index in [0.717, 1.165) is 29.3 Å². The molecule has 156 valence electrons. The van der Waals surface area contributed by atoms with Crippen LogP contribution in [0, 0.1) is 0 Å². The zero-order valence-corrected chi connectivity index (χ0v) is 16.9. The molecule has 5 rings (SSSR count). The largest absolute Gasteiger partial charge is 0.393 e. The highest BCUT2D eigenvalue weighted by Crippen LogP contribution is 2.23. The van der Waals surface area contributed by atoms with Gasteiger partial charge in [-0.3, -0.25) is 13.9 Å². The number of aromatic amines is 1. The lowest BCUT2D eigenvalue weighted by Crippen LogP contribution is -2.39. The molecule has 2 atom stereocenters. The predicted octanol–water partition coefficient (Wildman–Crippen LogP) is 1.29. The monoisotopic (exact) mass is 408 g/mol. The van der Waals surface area contributed by atoms with Crippen molar-refractivity contribution in [1.29, 1.82) is 0 Å². The fraction of sp³-hybridized carbons (Fsp3) is 0.381. The summed E-state index contributed by atoms with van der Waals surface area (Å²) in [5.74, 6) is 0.529. The maximum Gasteiger partial charge on any atom is 0.332 e. The molecule has 0 spiro atoms. The number of aromatic nitrogens is 5. The number of H-pyrrole nitrogens is 1. The van der Waals surface area contributed by atoms with Gasteiger partial charge in [0.25, 0.3) is 5.56 Å². The van der Waals surface area contributed by atoms with Crippen LogP contribution in [0.15, 0.2) is 40.1 Å². The Kier molecular flexibility index (Phi) is 4.28. The van der Waals surface area contributed by atoms with Gasteiger partial charge in [-0.2, -0.15) is 4.98 Å². The van der Waals surface area contributed by atoms with Crippen LogP contribution in [-0.4, -0.2) is 40.9 Å². The summed E-state index contributed by atoms with van der Waals surface area (Å²) in [7, 11) is 3.40. The summed E-state index contributed by atoms with van der Waals surface area (Å²) in [6.07, 6.45) is 3.79. The van der Waals surface area contributed by atoms with E-state index in [2.05, 4.69) is 15.3 Å². The number of rotatable bonds is 4. The van der Waals surface area contributed by atoms with E-state index >= 15 is 0 Å². The second kappa shape index (κ2) is 6.88. The molecule has 4 aromatic rings. The summed E-state index contributed by atoms with van der Waals surface area (Å²) in [6, 6.07) is 7.92. The van der Waals surface area contributed by atoms with Gasteiger partial charge in [0, 0.05) is 31.9 Å². The first-order valence-corrected chi connectivity index (χ1v) is 10.1. The Hall–Kier alpha value is -3.33. The molecule has 0 unspecified atom stereocenters. The first-order valence-electron chi connectivity index (χ1n) is 10.1. The van der Waals surface area contributed by atoms with E-state index in [-0.39, 0.29) is 24.2 Å². The smallest absolute Gasteiger partial charge is 0.332 e. The topological polar surface area (TPSA) is 110 Å². The molecule has 0 bridgehead atoms. The van der Waals surface area contributed by atoms with E-state index in [4.69, 9.17) is 0 Å². The molecular weight excluding hydrogens is 384 g/mol. The zero-order chi connectivity index (χ0) is 21.0. The van der Waals surface area contributed by atoms with Gasteiger partial charge in [-0.25, -0.2) is 4.79 Å². The highest BCUT2D eigenvalue weighted by molar-refractivity contribution is 5.80. The third-order valence-electron chi connectivity index (χ3n) is 6.06. The molecule has 1 saturated carbocycles. The molecular formula is C21H24N6O3. The highest BCUT2D eigenvalue weighted by Gasteiger charge is 2.25. The number of aliphatic hydroxyl groups is 1. The van der Waals surface area contributed by atoms with E-state index in [0.29, 0.717) is 23.5 Å². The number of fused-ring (bicyclic) bond motifs is 2. The lowest BCUT2D eigenvalue weighted by Gasteiger charge is -2.12. The van der Waals surface area contributed by atoms with Gasteiger partial charge < -0.3 is 20.0 Å². The number of anilines is 1. The van der Waals surface area contributed by atoms with Gasteiger partial charge in [0.05, 0.1) is 12.6 Å². The number of hydrogen-bond acceptors (Lipinski definition) is 5. The van der Waals surface area contributed by atoms with E-state index < -0.39 is 5.69 Å². The number of aryl methyl sites for hydroxylation is 2. The maximum absolute atomic E-state index is 13.3. The third kappa shape index (κ3) is 2.93. The summed E-state index contributed by atoms with van der Waals surface area (Å²) >= 11 is 0. The Morgan fingerprint density at radius 1 is 1.20 bits per heavy atom. The van der Waals surface area contributed by atoms with Crippen LogP contribution in [0.2, 0.25) is 0 Å². The van der Waals surface area contributed by atoms with Crippen LogP contribution in [0.5, 0.6) is 0 Å². The van der Waals surface area contributed by atoms with Gasteiger partial charge in [-0.1, -0.05) is 12.1 Å². The normalized spacial score (nSPS) is 19.2. The molecule has 30 heavy (non-hydrogen) atoms. The number of nitrogens with zero attached hydrogens (tertiary/aromatic N) is 4. The van der Waals surface area contributed by atoms with Crippen molar-refractivity contribution >= 4 is 28.0 Å². The molecule has 0 aliphatic heterocycles. The van der Waals surface area contributed by atoms with E-state index in [9.17, 15) is 14.7 Å². The maximum atomic E-state index is 13.3. The van der Waals surface area contributed by atoms with Crippen LogP contribution in [0.25, 0.3) is 22.1 Å². The molecule has 9 nitrogen and oxygen atoms in total. The van der Waals surface area contributed by atoms with Gasteiger partial charge in [0.2, 0.25) is 5.95 Å². The number of hydrogen-bond donors (Lipinski definition) is 3. The summed E-state index contributed by atoms with van der Waals surface area (Å²) in [5, 5.41) is 14.2. The fourth-order valence-electron chi connectivity index (χ4n) is 4.36. The summed E-state index contributed by atoms with van der Waals surface area (Å²) < 4.78 is 4.36. The number of nitrogens with one attached hydrogen (secondary N) is 2. The molecule has 0 radical (unpaired) electrons. The Bertz CT molecular complexity index is 1380. The van der Waals surface area contributed by atoms with Crippen LogP contribution >= 0.6 is 0 Å². The standard InChI is InChI=1S/C21H24N6O3/c1-25-17-18(24-20(25)23-14-5-6-15(28)10-14)26(2)21(30)27(19(17)29)11-12-3-4-13-7-8-22-16(13)9-12/h3-4,7-9,14-15,22,28H,5-6,10-11H2,1-2H3,(H,23,24)/t14-,15+/m1/s1. The van der Waals surface area contributed by atoms with Gasteiger partial charge in [0.1, 0.15) is 0 Å². The lowest BCUT2D eigenvalue weighted by molar-refractivity contribution is 0.182. The molecule has 3 heterocycles. The SMILES string of the molecule is Cn1c(N[C@@H]2CC[C@H](O)C2)nc2c1c(=O)n(Cc1ccc3cc[nH]c3c1)c(=O)n2C. The summed E-state index contributed by atoms with van der Waals surface area (Å²) in [4.78, 5) is 33.9. The molecule has 3 aromatic heterocycles. The minimum absolute atomic E-state index is 0.0993. The van der Waals surface area contributed by atoms with Crippen molar-refractivity contribution in [1.82, 2.24) is 23.7 Å². The van der Waals surface area contributed by atoms with Crippen molar-refractivity contribution in [2.45, 2.75) is 38.0 Å². The van der Waals surface area contributed by atoms with Crippen LogP contribution in [0.3, 0.4) is 0 Å². The first kappa shape index (κ1) is 18.7. The minimum Gasteiger partial charge on any atom is -0.393 e. The summed E-state index contributed by atoms with van der Waals surface area (Å²) in [6.45, 7) is 0.180. The third-order valence-corrected chi connectivity index (χ3v) is 6.06. The second-order valence-electron chi connectivity index (χ2n) is 8.11. The number of benzene rings is 1. The van der Waals surface area contributed by atoms with Crippen LogP contribution in [0.1, 0.15) is 24.8 Å². The molecule has 0 amide bonds. The van der Waals surface area contributed by atoms with Gasteiger partial charge in [-0.05, 0) is 42.3 Å². The number of aliphatic hydroxyl groups excluding tert-OH is 1. The van der Waals surface area contributed by atoms with Crippen molar-refractivity contribution in [2.75, 3.05) is 5.32 Å². The molecule has 1 aliphatic carbocycles. The molecule has 1 aliphatic rings. The van der Waals surface area contributed by atoms with Gasteiger partial charge >= 0.3 is 5.69 Å². The lowest BCUT2D eigenvalue weighted by atomic mass is 10.1. The molecule has 3 N–H and O–H groups in total. The Morgan fingerprint density at radius 3 is 2.80 bits per heavy atom. The van der Waals surface area contributed by atoms with Crippen molar-refractivity contribution in [3.63, 3.8) is 0 Å². The molecule has 0 saturated heterocycles. The van der Waals surface area contributed by atoms with E-state index in [1.807, 2.05) is 30.5 Å². The van der Waals surface area contributed by atoms with Crippen LogP contribution < -0.4 is 16.6 Å². The minimum atomic E-state index is -0.403. The second-order valence-corrected chi connectivity index (χ2v) is 8.11. The van der Waals surface area contributed by atoms with Crippen LogP contribution in [-0.2, 0) is 20.6 Å². The molecule has 9 heteroatoms. The first-order chi connectivity index (χ1) is 14.4. The van der Waals surface area contributed by atoms with E-state index in [1.54, 1.807) is 18.7 Å². The number of imidazole rings is 1. The predicted molar refractivity (Wildman–Crippen MR) is 115 cm³/mol. The van der Waals surface area contributed by atoms with Crippen molar-refractivity contribution in [2.24, 2.45) is 14.1 Å². The quantitative estimate of drug-likeness (QED) is 0.471. The van der Waals surface area contributed by atoms with Crippen LogP contribution in [0.4, 0.5) is 5.95 Å². The van der Waals surface area contributed by atoms with E-state index in [1.165, 1.54) is 9.13 Å². The zero-order valence-electron chi connectivity index (χ0n) is 16.9. The average molecular weight is 408 g/mol. The summed E-state index contributed by atoms with van der Waals surface area (Å²) in [5.41, 5.74) is 1.78. The van der Waals surface area contributed by atoms with Crippen molar-refractivity contribution in [3.05, 3.63) is 56.9 Å². The molecule has 1 fully saturated rings. The Balaban J connectivity index is 1.58. The average Bonchev–Trinajstić information content (AvgIpc) is 3.43. The van der Waals surface area contributed by atoms with Gasteiger partial charge in [-0.15, -0.1) is 0 Å². The van der Waals surface area contributed by atoms with Crippen molar-refractivity contribution in [3.8, 4) is 0 Å². The molecule has 1 aromatic carbocycles. The fourth-order valence-corrected chi connectivity index (χ4v) is 4.36. The Morgan fingerprint density at radius 2 is 2.03 bits per heavy atom.